The van der Waals surface area contributed by atoms with E-state index in [2.05, 4.69) is 133 Å². The van der Waals surface area contributed by atoms with Gasteiger partial charge in [0.2, 0.25) is 0 Å². The summed E-state index contributed by atoms with van der Waals surface area (Å²) in [6, 6.07) is 57.3. The Balaban J connectivity index is 1.06. The molecule has 264 valence electrons. The summed E-state index contributed by atoms with van der Waals surface area (Å²) in [5.41, 5.74) is 10.8. The Bertz CT molecular complexity index is 3180. The number of thiophene rings is 1. The van der Waals surface area contributed by atoms with Crippen molar-refractivity contribution in [3.63, 3.8) is 0 Å². The van der Waals surface area contributed by atoms with E-state index in [0.717, 1.165) is 49.7 Å². The van der Waals surface area contributed by atoms with Crippen molar-refractivity contribution in [2.45, 2.75) is 12.3 Å². The van der Waals surface area contributed by atoms with Crippen molar-refractivity contribution in [2.75, 3.05) is 0 Å². The molecule has 0 aliphatic heterocycles. The van der Waals surface area contributed by atoms with E-state index in [9.17, 15) is 0 Å². The van der Waals surface area contributed by atoms with Gasteiger partial charge in [-0.2, -0.15) is 0 Å². The van der Waals surface area contributed by atoms with Crippen LogP contribution in [-0.4, -0.2) is 15.0 Å². The summed E-state index contributed by atoms with van der Waals surface area (Å²) in [4.78, 5) is 15.5. The van der Waals surface area contributed by atoms with Gasteiger partial charge >= 0.3 is 0 Å². The van der Waals surface area contributed by atoms with Gasteiger partial charge in [0.25, 0.3) is 0 Å². The third-order valence-corrected chi connectivity index (χ3v) is 12.2. The second-order valence-electron chi connectivity index (χ2n) is 14.3. The van der Waals surface area contributed by atoms with Gasteiger partial charge in [-0.1, -0.05) is 164 Å². The second-order valence-corrected chi connectivity index (χ2v) is 15.3. The normalized spacial score (nSPS) is 14.2. The molecular weight excluding hydrogens is 703 g/mol. The monoisotopic (exact) mass is 735 g/mol. The number of rotatable bonds is 6. The van der Waals surface area contributed by atoms with Crippen LogP contribution in [0.1, 0.15) is 23.5 Å². The summed E-state index contributed by atoms with van der Waals surface area (Å²) >= 11 is 1.82. The highest BCUT2D eigenvalue weighted by atomic mass is 32.1. The first-order valence-electron chi connectivity index (χ1n) is 19.0. The van der Waals surface area contributed by atoms with Crippen molar-refractivity contribution in [1.29, 1.82) is 0 Å². The fraction of sp³-hybridized carbons (Fsp3) is 0.0392. The van der Waals surface area contributed by atoms with Gasteiger partial charge < -0.3 is 4.42 Å². The molecule has 0 amide bonds. The summed E-state index contributed by atoms with van der Waals surface area (Å²) in [7, 11) is 0. The van der Waals surface area contributed by atoms with Crippen LogP contribution in [0.15, 0.2) is 186 Å². The van der Waals surface area contributed by atoms with Crippen LogP contribution < -0.4 is 0 Å². The molecular formula is C51H33N3OS. The molecule has 3 heterocycles. The summed E-state index contributed by atoms with van der Waals surface area (Å²) < 4.78 is 8.69. The summed E-state index contributed by atoms with van der Waals surface area (Å²) in [5.74, 6) is 2.18. The number of benzene rings is 7. The molecule has 0 radical (unpaired) electrons. The minimum Gasteiger partial charge on any atom is -0.456 e. The highest BCUT2D eigenvalue weighted by Crippen LogP contribution is 2.44. The topological polar surface area (TPSA) is 51.8 Å². The molecule has 3 aromatic heterocycles. The van der Waals surface area contributed by atoms with Gasteiger partial charge in [-0.05, 0) is 52.4 Å². The molecule has 1 unspecified atom stereocenters. The molecule has 0 spiro atoms. The van der Waals surface area contributed by atoms with Crippen LogP contribution in [0.4, 0.5) is 0 Å². The van der Waals surface area contributed by atoms with Crippen LogP contribution in [0, 0.1) is 0 Å². The van der Waals surface area contributed by atoms with Crippen LogP contribution >= 0.6 is 11.3 Å². The summed E-state index contributed by atoms with van der Waals surface area (Å²) in [5, 5.41) is 4.47. The number of furan rings is 1. The molecule has 0 saturated heterocycles. The van der Waals surface area contributed by atoms with E-state index in [0.29, 0.717) is 17.5 Å². The molecule has 5 heteroatoms. The Morgan fingerprint density at radius 3 is 1.89 bits per heavy atom. The number of aromatic nitrogens is 3. The smallest absolute Gasteiger partial charge is 0.165 e. The fourth-order valence-corrected chi connectivity index (χ4v) is 9.54. The number of hydrogen-bond donors (Lipinski definition) is 0. The Kier molecular flexibility index (Phi) is 7.78. The average Bonchev–Trinajstić information content (AvgIpc) is 3.86. The van der Waals surface area contributed by atoms with E-state index < -0.39 is 0 Å². The zero-order chi connectivity index (χ0) is 37.0. The number of nitrogens with zero attached hydrogens (tertiary/aromatic N) is 3. The zero-order valence-electron chi connectivity index (χ0n) is 30.3. The van der Waals surface area contributed by atoms with Crippen molar-refractivity contribution >= 4 is 59.0 Å². The minimum atomic E-state index is 0.288. The lowest BCUT2D eigenvalue weighted by molar-refractivity contribution is 0.669. The van der Waals surface area contributed by atoms with Crippen molar-refractivity contribution in [1.82, 2.24) is 15.0 Å². The highest BCUT2D eigenvalue weighted by molar-refractivity contribution is 7.26. The number of para-hydroxylation sites is 1. The zero-order valence-corrected chi connectivity index (χ0v) is 31.1. The largest absolute Gasteiger partial charge is 0.456 e. The standard InChI is InChI=1S/C51H33N3OS/c1-3-14-32(15-4-1)34-18-9-19-35(30-34)36-20-10-21-37(31-36)38-23-11-24-39-40-25-12-27-43(48(40)56-47(38)39)51-53-49(33-16-5-2-6-17-33)52-50(54-51)42-26-13-29-45-46(42)41-22-7-8-28-44(41)55-45/h1-19,21-31,36H,20H2. The van der Waals surface area contributed by atoms with Crippen molar-refractivity contribution in [3.8, 4) is 45.3 Å². The quantitative estimate of drug-likeness (QED) is 0.171. The first-order valence-corrected chi connectivity index (χ1v) is 19.8. The van der Waals surface area contributed by atoms with Gasteiger partial charge in [0, 0.05) is 53.6 Å². The van der Waals surface area contributed by atoms with E-state index in [1.807, 2.05) is 59.9 Å². The van der Waals surface area contributed by atoms with Gasteiger partial charge in [-0.15, -0.1) is 11.3 Å². The molecule has 0 bridgehead atoms. The Morgan fingerprint density at radius 1 is 0.482 bits per heavy atom. The molecule has 56 heavy (non-hydrogen) atoms. The maximum Gasteiger partial charge on any atom is 0.165 e. The highest BCUT2D eigenvalue weighted by Gasteiger charge is 2.21. The van der Waals surface area contributed by atoms with Crippen molar-refractivity contribution in [3.05, 3.63) is 193 Å². The molecule has 0 fully saturated rings. The van der Waals surface area contributed by atoms with Crippen LogP contribution in [0.5, 0.6) is 0 Å². The first-order chi connectivity index (χ1) is 27.7. The van der Waals surface area contributed by atoms with Crippen LogP contribution in [0.25, 0.3) is 93.0 Å². The Labute approximate surface area is 327 Å². The summed E-state index contributed by atoms with van der Waals surface area (Å²) in [6.07, 6.45) is 8.05. The van der Waals surface area contributed by atoms with Crippen LogP contribution in [-0.2, 0) is 0 Å². The third-order valence-electron chi connectivity index (χ3n) is 10.9. The molecule has 1 atom stereocenters. The van der Waals surface area contributed by atoms with E-state index in [-0.39, 0.29) is 5.92 Å². The predicted octanol–water partition coefficient (Wildman–Crippen LogP) is 13.9. The predicted molar refractivity (Wildman–Crippen MR) is 233 cm³/mol. The van der Waals surface area contributed by atoms with E-state index in [1.54, 1.807) is 0 Å². The van der Waals surface area contributed by atoms with Crippen LogP contribution in [0.2, 0.25) is 0 Å². The van der Waals surface area contributed by atoms with Gasteiger partial charge in [0.05, 0.1) is 0 Å². The molecule has 10 aromatic rings. The third kappa shape index (κ3) is 5.55. The molecule has 1 aliphatic rings. The SMILES string of the molecule is C1=CC(c2cccc3c2sc2c(-c4nc(-c5ccccc5)nc(-c5cccc6oc7ccccc7c56)n4)cccc23)=CC(c2cccc(-c3ccccc3)c2)C1. The molecule has 11 rings (SSSR count). The molecule has 1 aliphatic carbocycles. The Morgan fingerprint density at radius 2 is 1.07 bits per heavy atom. The molecule has 7 aromatic carbocycles. The minimum absolute atomic E-state index is 0.288. The summed E-state index contributed by atoms with van der Waals surface area (Å²) in [6.45, 7) is 0. The van der Waals surface area contributed by atoms with E-state index in [4.69, 9.17) is 19.4 Å². The average molecular weight is 736 g/mol. The molecule has 0 saturated carbocycles. The number of fused-ring (bicyclic) bond motifs is 6. The second kappa shape index (κ2) is 13.4. The molecule has 4 nitrogen and oxygen atoms in total. The lowest BCUT2D eigenvalue weighted by Gasteiger charge is -2.19. The van der Waals surface area contributed by atoms with E-state index >= 15 is 0 Å². The lowest BCUT2D eigenvalue weighted by Crippen LogP contribution is -2.00. The lowest BCUT2D eigenvalue weighted by atomic mass is 9.86. The van der Waals surface area contributed by atoms with Crippen molar-refractivity contribution in [2.24, 2.45) is 0 Å². The van der Waals surface area contributed by atoms with Gasteiger partial charge in [0.1, 0.15) is 11.2 Å². The van der Waals surface area contributed by atoms with Gasteiger partial charge in [0.15, 0.2) is 17.5 Å². The van der Waals surface area contributed by atoms with Gasteiger partial charge in [-0.3, -0.25) is 0 Å². The van der Waals surface area contributed by atoms with Crippen molar-refractivity contribution < 1.29 is 4.42 Å². The Hall–Kier alpha value is -6.95. The van der Waals surface area contributed by atoms with E-state index in [1.165, 1.54) is 43.3 Å². The number of allylic oxidation sites excluding steroid dienone is 4. The van der Waals surface area contributed by atoms with Crippen LogP contribution in [0.3, 0.4) is 0 Å². The maximum atomic E-state index is 6.27. The maximum absolute atomic E-state index is 6.27. The molecule has 0 N–H and O–H groups in total. The van der Waals surface area contributed by atoms with Gasteiger partial charge in [-0.25, -0.2) is 15.0 Å². The number of hydrogen-bond acceptors (Lipinski definition) is 5. The first kappa shape index (κ1) is 32.5. The fourth-order valence-electron chi connectivity index (χ4n) is 8.19.